The molecule has 5 nitrogen and oxygen atoms in total. The van der Waals surface area contributed by atoms with Gasteiger partial charge in [0.05, 0.1) is 11.9 Å². The molecule has 0 unspecified atom stereocenters. The first-order valence-corrected chi connectivity index (χ1v) is 6.74. The van der Waals surface area contributed by atoms with Gasteiger partial charge in [0.2, 0.25) is 0 Å². The highest BCUT2D eigenvalue weighted by Crippen LogP contribution is 2.17. The highest BCUT2D eigenvalue weighted by atomic mass is 35.5. The fourth-order valence-corrected chi connectivity index (χ4v) is 2.03. The Morgan fingerprint density at radius 1 is 1.43 bits per heavy atom. The van der Waals surface area contributed by atoms with E-state index in [0.29, 0.717) is 24.3 Å². The van der Waals surface area contributed by atoms with Crippen LogP contribution in [-0.2, 0) is 13.1 Å². The van der Waals surface area contributed by atoms with Crippen LogP contribution in [0.25, 0.3) is 0 Å². The summed E-state index contributed by atoms with van der Waals surface area (Å²) in [6.45, 7) is 0.896. The summed E-state index contributed by atoms with van der Waals surface area (Å²) in [5.41, 5.74) is 1.35. The lowest BCUT2D eigenvalue weighted by Crippen LogP contribution is -2.13. The van der Waals surface area contributed by atoms with Gasteiger partial charge in [-0.2, -0.15) is 5.10 Å². The van der Waals surface area contributed by atoms with Gasteiger partial charge in [-0.05, 0) is 25.7 Å². The number of H-pyrrole nitrogens is 1. The third-order valence-electron chi connectivity index (χ3n) is 2.88. The zero-order valence-electron chi connectivity index (χ0n) is 11.8. The summed E-state index contributed by atoms with van der Waals surface area (Å²) < 4.78 is 13.9. The number of nitrogens with one attached hydrogen (secondary N) is 2. The molecule has 0 aliphatic heterocycles. The van der Waals surface area contributed by atoms with E-state index in [-0.39, 0.29) is 10.8 Å². The average molecular weight is 311 g/mol. The Morgan fingerprint density at radius 3 is 2.86 bits per heavy atom. The molecule has 7 heteroatoms. The minimum absolute atomic E-state index is 0.0368. The second-order valence-corrected chi connectivity index (χ2v) is 5.32. The number of nitrogens with zero attached hydrogens (tertiary/aromatic N) is 2. The fourth-order valence-electron chi connectivity index (χ4n) is 1.87. The molecule has 0 radical (unpaired) electrons. The smallest absolute Gasteiger partial charge is 0.285 e. The highest BCUT2D eigenvalue weighted by Gasteiger charge is 2.07. The second-order valence-electron chi connectivity index (χ2n) is 4.94. The normalized spacial score (nSPS) is 10.9. The number of anilines is 1. The van der Waals surface area contributed by atoms with Crippen LogP contribution < -0.4 is 10.9 Å². The number of aromatic amines is 1. The SMILES string of the molecule is CN(C)Cc1ccc(CNc2cn[nH]c(=O)c2Cl)cc1F. The van der Waals surface area contributed by atoms with Crippen molar-refractivity contribution in [3.8, 4) is 0 Å². The Hall–Kier alpha value is -1.92. The molecule has 0 saturated carbocycles. The maximum absolute atomic E-state index is 13.9. The summed E-state index contributed by atoms with van der Waals surface area (Å²) in [4.78, 5) is 13.2. The van der Waals surface area contributed by atoms with Crippen molar-refractivity contribution in [3.05, 3.63) is 56.7 Å². The zero-order chi connectivity index (χ0) is 15.4. The van der Waals surface area contributed by atoms with Gasteiger partial charge in [0.1, 0.15) is 10.8 Å². The average Bonchev–Trinajstić information content (AvgIpc) is 2.43. The Balaban J connectivity index is 2.08. The van der Waals surface area contributed by atoms with Gasteiger partial charge in [-0.3, -0.25) is 4.79 Å². The van der Waals surface area contributed by atoms with E-state index in [9.17, 15) is 9.18 Å². The molecule has 112 valence electrons. The van der Waals surface area contributed by atoms with E-state index in [1.54, 1.807) is 6.07 Å². The lowest BCUT2D eigenvalue weighted by Gasteiger charge is -2.12. The molecule has 1 heterocycles. The van der Waals surface area contributed by atoms with Crippen LogP contribution in [0.2, 0.25) is 5.02 Å². The van der Waals surface area contributed by atoms with Crippen molar-refractivity contribution in [1.82, 2.24) is 15.1 Å². The van der Waals surface area contributed by atoms with Gasteiger partial charge in [-0.15, -0.1) is 0 Å². The number of benzene rings is 1. The topological polar surface area (TPSA) is 61.0 Å². The molecule has 0 spiro atoms. The predicted molar refractivity (Wildman–Crippen MR) is 81.0 cm³/mol. The lowest BCUT2D eigenvalue weighted by atomic mass is 10.1. The summed E-state index contributed by atoms with van der Waals surface area (Å²) in [6, 6.07) is 5.06. The summed E-state index contributed by atoms with van der Waals surface area (Å²) in [5.74, 6) is -0.252. The number of aromatic nitrogens is 2. The molecule has 0 saturated heterocycles. The zero-order valence-corrected chi connectivity index (χ0v) is 12.5. The lowest BCUT2D eigenvalue weighted by molar-refractivity contribution is 0.392. The van der Waals surface area contributed by atoms with Crippen LogP contribution in [0.5, 0.6) is 0 Å². The summed E-state index contributed by atoms with van der Waals surface area (Å²) in [6.07, 6.45) is 1.42. The Labute approximate surface area is 126 Å². The van der Waals surface area contributed by atoms with Crippen LogP contribution in [0.4, 0.5) is 10.1 Å². The van der Waals surface area contributed by atoms with E-state index in [4.69, 9.17) is 11.6 Å². The molecule has 0 amide bonds. The van der Waals surface area contributed by atoms with E-state index < -0.39 is 5.56 Å². The molecular weight excluding hydrogens is 295 g/mol. The maximum Gasteiger partial charge on any atom is 0.285 e. The quantitative estimate of drug-likeness (QED) is 0.889. The molecule has 21 heavy (non-hydrogen) atoms. The molecular formula is C14H16ClFN4O. The third-order valence-corrected chi connectivity index (χ3v) is 3.26. The molecule has 1 aromatic carbocycles. The van der Waals surface area contributed by atoms with Gasteiger partial charge in [0.15, 0.2) is 0 Å². The van der Waals surface area contributed by atoms with Crippen molar-refractivity contribution in [2.75, 3.05) is 19.4 Å². The maximum atomic E-state index is 13.9. The first-order valence-electron chi connectivity index (χ1n) is 6.36. The van der Waals surface area contributed by atoms with E-state index >= 15 is 0 Å². The number of hydrogen-bond donors (Lipinski definition) is 2. The molecule has 0 aliphatic rings. The highest BCUT2D eigenvalue weighted by molar-refractivity contribution is 6.32. The minimum atomic E-state index is -0.464. The molecule has 2 aromatic rings. The number of halogens is 2. The molecule has 0 aliphatic carbocycles. The van der Waals surface area contributed by atoms with Crippen molar-refractivity contribution in [2.24, 2.45) is 0 Å². The first-order chi connectivity index (χ1) is 9.97. The van der Waals surface area contributed by atoms with E-state index in [2.05, 4.69) is 15.5 Å². The second kappa shape index (κ2) is 6.69. The van der Waals surface area contributed by atoms with Crippen molar-refractivity contribution in [2.45, 2.75) is 13.1 Å². The third kappa shape index (κ3) is 4.03. The fraction of sp³-hybridized carbons (Fsp3) is 0.286. The van der Waals surface area contributed by atoms with Crippen LogP contribution in [0.1, 0.15) is 11.1 Å². The van der Waals surface area contributed by atoms with E-state index in [1.807, 2.05) is 25.1 Å². The van der Waals surface area contributed by atoms with Crippen LogP contribution >= 0.6 is 11.6 Å². The Morgan fingerprint density at radius 2 is 2.19 bits per heavy atom. The molecule has 0 bridgehead atoms. The van der Waals surface area contributed by atoms with Crippen LogP contribution in [0.15, 0.2) is 29.2 Å². The van der Waals surface area contributed by atoms with Gasteiger partial charge in [-0.25, -0.2) is 9.49 Å². The largest absolute Gasteiger partial charge is 0.378 e. The van der Waals surface area contributed by atoms with Crippen molar-refractivity contribution >= 4 is 17.3 Å². The van der Waals surface area contributed by atoms with Crippen molar-refractivity contribution in [3.63, 3.8) is 0 Å². The first kappa shape index (κ1) is 15.5. The van der Waals surface area contributed by atoms with Crippen LogP contribution in [0, 0.1) is 5.82 Å². The number of rotatable bonds is 5. The molecule has 2 rings (SSSR count). The number of hydrogen-bond acceptors (Lipinski definition) is 4. The van der Waals surface area contributed by atoms with Crippen LogP contribution in [0.3, 0.4) is 0 Å². The summed E-state index contributed by atoms with van der Waals surface area (Å²) >= 11 is 5.85. The van der Waals surface area contributed by atoms with Gasteiger partial charge in [0.25, 0.3) is 5.56 Å². The summed E-state index contributed by atoms with van der Waals surface area (Å²) in [7, 11) is 3.77. The van der Waals surface area contributed by atoms with Gasteiger partial charge < -0.3 is 10.2 Å². The van der Waals surface area contributed by atoms with Crippen molar-refractivity contribution in [1.29, 1.82) is 0 Å². The van der Waals surface area contributed by atoms with Crippen LogP contribution in [-0.4, -0.2) is 29.2 Å². The predicted octanol–water partition coefficient (Wildman–Crippen LogP) is 2.24. The minimum Gasteiger partial charge on any atom is -0.378 e. The van der Waals surface area contributed by atoms with E-state index in [1.165, 1.54) is 12.3 Å². The molecule has 2 N–H and O–H groups in total. The van der Waals surface area contributed by atoms with Gasteiger partial charge >= 0.3 is 0 Å². The van der Waals surface area contributed by atoms with Gasteiger partial charge in [-0.1, -0.05) is 23.7 Å². The molecule has 0 atom stereocenters. The monoisotopic (exact) mass is 310 g/mol. The van der Waals surface area contributed by atoms with Gasteiger partial charge in [0, 0.05) is 18.7 Å². The Bertz CT molecular complexity index is 687. The Kier molecular flexibility index (Phi) is 4.93. The molecule has 0 fully saturated rings. The van der Waals surface area contributed by atoms with E-state index in [0.717, 1.165) is 5.56 Å². The molecule has 1 aromatic heterocycles. The standard InChI is InChI=1S/C14H16ClFN4O/c1-20(2)8-10-4-3-9(5-11(10)16)6-17-12-7-18-19-14(21)13(12)15/h3-5,7H,6,8H2,1-2H3,(H2,17,19,21). The summed E-state index contributed by atoms with van der Waals surface area (Å²) in [5, 5.41) is 8.89. The van der Waals surface area contributed by atoms with Crippen molar-refractivity contribution < 1.29 is 4.39 Å².